The quantitative estimate of drug-likeness (QED) is 0.678. The molecule has 7 nitrogen and oxygen atoms in total. The van der Waals surface area contributed by atoms with Crippen molar-refractivity contribution in [2.45, 2.75) is 31.1 Å². The third-order valence-electron chi connectivity index (χ3n) is 6.24. The molecule has 154 valence electrons. The number of anilines is 2. The Balaban J connectivity index is 1.44. The topological polar surface area (TPSA) is 87.1 Å². The number of hydrogen-bond acceptors (Lipinski definition) is 7. The van der Waals surface area contributed by atoms with Crippen LogP contribution < -0.4 is 10.2 Å². The third-order valence-corrected chi connectivity index (χ3v) is 6.24. The van der Waals surface area contributed by atoms with Crippen LogP contribution in [0.1, 0.15) is 30.5 Å². The van der Waals surface area contributed by atoms with Gasteiger partial charge in [-0.25, -0.2) is 19.9 Å². The number of rotatable bonds is 5. The van der Waals surface area contributed by atoms with Crippen molar-refractivity contribution < 1.29 is 5.11 Å². The van der Waals surface area contributed by atoms with Crippen molar-refractivity contribution in [3.05, 3.63) is 60.2 Å². The minimum atomic E-state index is 0.0453. The Hall–Kier alpha value is -3.06. The first-order chi connectivity index (χ1) is 14.8. The van der Waals surface area contributed by atoms with E-state index in [4.69, 9.17) is 10.1 Å². The molecule has 3 aromatic rings. The average molecular weight is 403 g/mol. The fourth-order valence-electron chi connectivity index (χ4n) is 4.79. The Kier molecular flexibility index (Phi) is 5.04. The van der Waals surface area contributed by atoms with Crippen molar-refractivity contribution in [2.24, 2.45) is 0 Å². The Morgan fingerprint density at radius 2 is 2.00 bits per heavy atom. The highest BCUT2D eigenvalue weighted by Crippen LogP contribution is 2.45. The van der Waals surface area contributed by atoms with Gasteiger partial charge in [0, 0.05) is 42.9 Å². The predicted molar refractivity (Wildman–Crippen MR) is 117 cm³/mol. The SMILES string of the molecule is OCCNc1cc(N2CCCC3(CCc4cnc(-c5ccccc5)nc43)C2)ncn1. The summed E-state index contributed by atoms with van der Waals surface area (Å²) in [5.74, 6) is 2.48. The molecule has 0 amide bonds. The van der Waals surface area contributed by atoms with E-state index in [1.165, 1.54) is 11.3 Å². The first kappa shape index (κ1) is 18.9. The summed E-state index contributed by atoms with van der Waals surface area (Å²) < 4.78 is 0. The second kappa shape index (κ2) is 7.99. The molecule has 1 saturated heterocycles. The largest absolute Gasteiger partial charge is 0.395 e. The van der Waals surface area contributed by atoms with Crippen LogP contribution in [-0.4, -0.2) is 51.3 Å². The highest BCUT2D eigenvalue weighted by atomic mass is 16.3. The number of aliphatic hydroxyl groups excluding tert-OH is 1. The monoisotopic (exact) mass is 402 g/mol. The van der Waals surface area contributed by atoms with Crippen molar-refractivity contribution in [3.8, 4) is 11.4 Å². The molecule has 1 fully saturated rings. The van der Waals surface area contributed by atoms with E-state index in [0.717, 1.165) is 61.8 Å². The summed E-state index contributed by atoms with van der Waals surface area (Å²) in [6.45, 7) is 2.44. The van der Waals surface area contributed by atoms with E-state index in [0.29, 0.717) is 6.54 Å². The number of piperidine rings is 1. The lowest BCUT2D eigenvalue weighted by Crippen LogP contribution is -2.46. The number of hydrogen-bond donors (Lipinski definition) is 2. The molecule has 5 rings (SSSR count). The lowest BCUT2D eigenvalue weighted by molar-refractivity contribution is 0.311. The fraction of sp³-hybridized carbons (Fsp3) is 0.391. The fourth-order valence-corrected chi connectivity index (χ4v) is 4.79. The zero-order chi connectivity index (χ0) is 20.4. The Morgan fingerprint density at radius 3 is 2.87 bits per heavy atom. The molecular formula is C23H26N6O. The second-order valence-corrected chi connectivity index (χ2v) is 8.15. The van der Waals surface area contributed by atoms with Crippen molar-refractivity contribution >= 4 is 11.6 Å². The van der Waals surface area contributed by atoms with Gasteiger partial charge in [0.1, 0.15) is 18.0 Å². The summed E-state index contributed by atoms with van der Waals surface area (Å²) in [7, 11) is 0. The standard InChI is InChI=1S/C23H26N6O/c30-12-10-24-19-13-20(27-16-26-19)29-11-4-8-23(15-29)9-7-18-14-25-22(28-21(18)23)17-5-2-1-3-6-17/h1-3,5-6,13-14,16,30H,4,7-12,15H2,(H,24,26,27). The zero-order valence-electron chi connectivity index (χ0n) is 17.0. The number of aromatic nitrogens is 4. The van der Waals surface area contributed by atoms with Gasteiger partial charge < -0.3 is 15.3 Å². The van der Waals surface area contributed by atoms with Gasteiger partial charge in [0.2, 0.25) is 0 Å². The van der Waals surface area contributed by atoms with Gasteiger partial charge in [0.15, 0.2) is 5.82 Å². The van der Waals surface area contributed by atoms with Gasteiger partial charge in [0.25, 0.3) is 0 Å². The van der Waals surface area contributed by atoms with E-state index in [1.54, 1.807) is 6.33 Å². The zero-order valence-corrected chi connectivity index (χ0v) is 17.0. The molecule has 1 unspecified atom stereocenters. The van der Waals surface area contributed by atoms with Gasteiger partial charge >= 0.3 is 0 Å². The molecule has 1 aromatic carbocycles. The summed E-state index contributed by atoms with van der Waals surface area (Å²) in [5.41, 5.74) is 3.60. The van der Waals surface area contributed by atoms with Crippen molar-refractivity contribution in [1.29, 1.82) is 0 Å². The third kappa shape index (κ3) is 3.50. The minimum Gasteiger partial charge on any atom is -0.395 e. The van der Waals surface area contributed by atoms with E-state index in [2.05, 4.69) is 37.3 Å². The van der Waals surface area contributed by atoms with Crippen LogP contribution in [-0.2, 0) is 11.8 Å². The molecule has 1 spiro atoms. The molecule has 1 aliphatic heterocycles. The second-order valence-electron chi connectivity index (χ2n) is 8.15. The minimum absolute atomic E-state index is 0.0453. The van der Waals surface area contributed by atoms with Crippen LogP contribution in [0.25, 0.3) is 11.4 Å². The molecule has 0 radical (unpaired) electrons. The first-order valence-corrected chi connectivity index (χ1v) is 10.6. The molecule has 3 heterocycles. The highest BCUT2D eigenvalue weighted by molar-refractivity contribution is 5.56. The molecule has 2 aliphatic rings. The van der Waals surface area contributed by atoms with Gasteiger partial charge in [-0.15, -0.1) is 0 Å². The van der Waals surface area contributed by atoms with Gasteiger partial charge in [-0.1, -0.05) is 30.3 Å². The van der Waals surface area contributed by atoms with Gasteiger partial charge in [-0.2, -0.15) is 0 Å². The molecule has 1 aliphatic carbocycles. The van der Waals surface area contributed by atoms with Crippen LogP contribution in [0.4, 0.5) is 11.6 Å². The molecule has 30 heavy (non-hydrogen) atoms. The Morgan fingerprint density at radius 1 is 1.10 bits per heavy atom. The van der Waals surface area contributed by atoms with E-state index in [1.807, 2.05) is 30.5 Å². The van der Waals surface area contributed by atoms with Crippen molar-refractivity contribution in [1.82, 2.24) is 19.9 Å². The number of nitrogens with one attached hydrogen (secondary N) is 1. The molecular weight excluding hydrogens is 376 g/mol. The number of aliphatic hydroxyl groups is 1. The number of aryl methyl sites for hydroxylation is 1. The Bertz CT molecular complexity index is 1020. The average Bonchev–Trinajstić information content (AvgIpc) is 3.15. The van der Waals surface area contributed by atoms with Crippen LogP contribution in [0.5, 0.6) is 0 Å². The van der Waals surface area contributed by atoms with Gasteiger partial charge in [0.05, 0.1) is 12.3 Å². The van der Waals surface area contributed by atoms with Gasteiger partial charge in [-0.3, -0.25) is 0 Å². The maximum Gasteiger partial charge on any atom is 0.159 e. The summed E-state index contributed by atoms with van der Waals surface area (Å²) in [6, 6.07) is 12.2. The molecule has 0 bridgehead atoms. The molecule has 7 heteroatoms. The molecule has 0 saturated carbocycles. The van der Waals surface area contributed by atoms with Crippen LogP contribution in [0.2, 0.25) is 0 Å². The predicted octanol–water partition coefficient (Wildman–Crippen LogP) is 2.82. The van der Waals surface area contributed by atoms with Crippen LogP contribution >= 0.6 is 0 Å². The number of benzene rings is 1. The van der Waals surface area contributed by atoms with Crippen molar-refractivity contribution in [2.75, 3.05) is 36.5 Å². The summed E-state index contributed by atoms with van der Waals surface area (Å²) >= 11 is 0. The van der Waals surface area contributed by atoms with E-state index in [-0.39, 0.29) is 12.0 Å². The van der Waals surface area contributed by atoms with E-state index < -0.39 is 0 Å². The maximum atomic E-state index is 9.05. The maximum absolute atomic E-state index is 9.05. The van der Waals surface area contributed by atoms with Gasteiger partial charge in [-0.05, 0) is 31.2 Å². The summed E-state index contributed by atoms with van der Waals surface area (Å²) in [5, 5.41) is 12.2. The van der Waals surface area contributed by atoms with Crippen LogP contribution in [0.3, 0.4) is 0 Å². The smallest absolute Gasteiger partial charge is 0.159 e. The normalized spacial score (nSPS) is 20.4. The molecule has 2 N–H and O–H groups in total. The summed E-state index contributed by atoms with van der Waals surface area (Å²) in [4.78, 5) is 20.9. The Labute approximate surface area is 176 Å². The summed E-state index contributed by atoms with van der Waals surface area (Å²) in [6.07, 6.45) is 8.00. The number of fused-ring (bicyclic) bond motifs is 2. The first-order valence-electron chi connectivity index (χ1n) is 10.6. The highest BCUT2D eigenvalue weighted by Gasteiger charge is 2.44. The van der Waals surface area contributed by atoms with E-state index >= 15 is 0 Å². The molecule has 2 aromatic heterocycles. The van der Waals surface area contributed by atoms with E-state index in [9.17, 15) is 0 Å². The van der Waals surface area contributed by atoms with Crippen LogP contribution in [0.15, 0.2) is 48.9 Å². The molecule has 1 atom stereocenters. The lowest BCUT2D eigenvalue weighted by atomic mass is 9.77. The lowest BCUT2D eigenvalue weighted by Gasteiger charge is -2.41. The number of nitrogens with zero attached hydrogens (tertiary/aromatic N) is 5. The van der Waals surface area contributed by atoms with Crippen molar-refractivity contribution in [3.63, 3.8) is 0 Å². The van der Waals surface area contributed by atoms with Crippen LogP contribution in [0, 0.1) is 0 Å².